The molecule has 7 heteroatoms. The molecule has 2 rings (SSSR count). The summed E-state index contributed by atoms with van der Waals surface area (Å²) >= 11 is 0. The third-order valence-corrected chi connectivity index (χ3v) is 3.70. The Kier molecular flexibility index (Phi) is 5.92. The van der Waals surface area contributed by atoms with Crippen molar-refractivity contribution in [3.05, 3.63) is 24.0 Å². The smallest absolute Gasteiger partial charge is 0.319 e. The van der Waals surface area contributed by atoms with E-state index in [4.69, 9.17) is 4.74 Å². The summed E-state index contributed by atoms with van der Waals surface area (Å²) < 4.78 is 18.9. The van der Waals surface area contributed by atoms with Crippen LogP contribution in [0.2, 0.25) is 0 Å². The molecule has 1 saturated heterocycles. The fourth-order valence-electron chi connectivity index (χ4n) is 2.46. The van der Waals surface area contributed by atoms with Crippen LogP contribution >= 0.6 is 0 Å². The standard InChI is InChI=1S/C16H22FN3O3/c1-11(7-9-23-2)18-16(22)19-12-5-6-13(17)14(10-12)20-8-3-4-15(20)21/h5-6,10-11H,3-4,7-9H2,1-2H3,(H2,18,19,22). The van der Waals surface area contributed by atoms with E-state index in [0.29, 0.717) is 38.1 Å². The van der Waals surface area contributed by atoms with Crippen molar-refractivity contribution in [3.8, 4) is 0 Å². The van der Waals surface area contributed by atoms with Crippen LogP contribution in [0.4, 0.5) is 20.6 Å². The first-order valence-corrected chi connectivity index (χ1v) is 7.67. The molecule has 126 valence electrons. The van der Waals surface area contributed by atoms with Crippen LogP contribution in [-0.2, 0) is 9.53 Å². The fourth-order valence-corrected chi connectivity index (χ4v) is 2.46. The van der Waals surface area contributed by atoms with E-state index in [-0.39, 0.29) is 23.7 Å². The predicted molar refractivity (Wildman–Crippen MR) is 86.1 cm³/mol. The van der Waals surface area contributed by atoms with E-state index in [1.54, 1.807) is 7.11 Å². The number of nitrogens with one attached hydrogen (secondary N) is 2. The Balaban J connectivity index is 2.00. The first kappa shape index (κ1) is 17.2. The minimum absolute atomic E-state index is 0.0463. The van der Waals surface area contributed by atoms with Gasteiger partial charge in [0.05, 0.1) is 5.69 Å². The van der Waals surface area contributed by atoms with Gasteiger partial charge in [-0.3, -0.25) is 4.79 Å². The molecule has 6 nitrogen and oxygen atoms in total. The van der Waals surface area contributed by atoms with Gasteiger partial charge in [0.1, 0.15) is 5.82 Å². The normalized spacial score (nSPS) is 15.6. The fraction of sp³-hybridized carbons (Fsp3) is 0.500. The Hall–Kier alpha value is -2.15. The number of rotatable bonds is 6. The Bertz CT molecular complexity index is 580. The largest absolute Gasteiger partial charge is 0.385 e. The molecule has 0 bridgehead atoms. The molecule has 1 unspecified atom stereocenters. The molecule has 1 aliphatic heterocycles. The number of amides is 3. The van der Waals surface area contributed by atoms with E-state index in [9.17, 15) is 14.0 Å². The summed E-state index contributed by atoms with van der Waals surface area (Å²) in [5, 5.41) is 5.43. The molecule has 1 aromatic carbocycles. The lowest BCUT2D eigenvalue weighted by atomic mass is 10.2. The summed E-state index contributed by atoms with van der Waals surface area (Å²) in [6.07, 6.45) is 1.84. The molecule has 0 aromatic heterocycles. The first-order chi connectivity index (χ1) is 11.0. The molecule has 1 aromatic rings. The number of anilines is 2. The summed E-state index contributed by atoms with van der Waals surface area (Å²) in [5.41, 5.74) is 0.648. The molecule has 2 N–H and O–H groups in total. The highest BCUT2D eigenvalue weighted by Crippen LogP contribution is 2.27. The number of methoxy groups -OCH3 is 1. The van der Waals surface area contributed by atoms with Gasteiger partial charge in [0, 0.05) is 38.4 Å². The zero-order valence-corrected chi connectivity index (χ0v) is 13.4. The van der Waals surface area contributed by atoms with Crippen molar-refractivity contribution in [1.82, 2.24) is 5.32 Å². The number of nitrogens with zero attached hydrogens (tertiary/aromatic N) is 1. The number of urea groups is 1. The van der Waals surface area contributed by atoms with Crippen LogP contribution in [0.25, 0.3) is 0 Å². The monoisotopic (exact) mass is 323 g/mol. The SMILES string of the molecule is COCCC(C)NC(=O)Nc1ccc(F)c(N2CCCC2=O)c1. The van der Waals surface area contributed by atoms with Gasteiger partial charge in [-0.25, -0.2) is 9.18 Å². The van der Waals surface area contributed by atoms with E-state index in [1.165, 1.54) is 23.1 Å². The highest BCUT2D eigenvalue weighted by molar-refractivity contribution is 5.97. The molecule has 0 aliphatic carbocycles. The first-order valence-electron chi connectivity index (χ1n) is 7.67. The van der Waals surface area contributed by atoms with Crippen molar-refractivity contribution in [2.45, 2.75) is 32.2 Å². The maximum Gasteiger partial charge on any atom is 0.319 e. The molecule has 0 spiro atoms. The molecule has 1 fully saturated rings. The molecule has 23 heavy (non-hydrogen) atoms. The molecular weight excluding hydrogens is 301 g/mol. The van der Waals surface area contributed by atoms with Gasteiger partial charge in [-0.1, -0.05) is 0 Å². The number of hydrogen-bond donors (Lipinski definition) is 2. The van der Waals surface area contributed by atoms with E-state index >= 15 is 0 Å². The highest BCUT2D eigenvalue weighted by Gasteiger charge is 2.24. The second kappa shape index (κ2) is 7.92. The van der Waals surface area contributed by atoms with Gasteiger partial charge in [0.25, 0.3) is 0 Å². The van der Waals surface area contributed by atoms with Crippen LogP contribution in [0.15, 0.2) is 18.2 Å². The second-order valence-electron chi connectivity index (χ2n) is 5.60. The van der Waals surface area contributed by atoms with E-state index in [2.05, 4.69) is 10.6 Å². The second-order valence-corrected chi connectivity index (χ2v) is 5.60. The zero-order valence-electron chi connectivity index (χ0n) is 13.4. The third-order valence-electron chi connectivity index (χ3n) is 3.70. The maximum atomic E-state index is 13.9. The van der Waals surface area contributed by atoms with E-state index < -0.39 is 5.82 Å². The molecular formula is C16H22FN3O3. The number of hydrogen-bond acceptors (Lipinski definition) is 3. The molecule has 1 aliphatic rings. The van der Waals surface area contributed by atoms with Gasteiger partial charge in [0.2, 0.25) is 5.91 Å². The number of benzene rings is 1. The minimum Gasteiger partial charge on any atom is -0.385 e. The number of halogens is 1. The van der Waals surface area contributed by atoms with Crippen LogP contribution in [0.5, 0.6) is 0 Å². The summed E-state index contributed by atoms with van der Waals surface area (Å²) in [7, 11) is 1.60. The van der Waals surface area contributed by atoms with Gasteiger partial charge < -0.3 is 20.3 Å². The minimum atomic E-state index is -0.473. The zero-order chi connectivity index (χ0) is 16.8. The highest BCUT2D eigenvalue weighted by atomic mass is 19.1. The summed E-state index contributed by atoms with van der Waals surface area (Å²) in [5.74, 6) is -0.571. The van der Waals surface area contributed by atoms with Crippen molar-refractivity contribution < 1.29 is 18.7 Å². The van der Waals surface area contributed by atoms with Gasteiger partial charge in [-0.2, -0.15) is 0 Å². The molecule has 3 amide bonds. The lowest BCUT2D eigenvalue weighted by Crippen LogP contribution is -2.36. The van der Waals surface area contributed by atoms with Crippen LogP contribution < -0.4 is 15.5 Å². The third kappa shape index (κ3) is 4.66. The van der Waals surface area contributed by atoms with Crippen molar-refractivity contribution in [2.75, 3.05) is 30.5 Å². The van der Waals surface area contributed by atoms with Crippen LogP contribution in [-0.4, -0.2) is 38.2 Å². The van der Waals surface area contributed by atoms with Crippen molar-refractivity contribution in [2.24, 2.45) is 0 Å². The number of carbonyl (C=O) groups is 2. The van der Waals surface area contributed by atoms with Gasteiger partial charge in [-0.15, -0.1) is 0 Å². The Morgan fingerprint density at radius 3 is 2.91 bits per heavy atom. The number of ether oxygens (including phenoxy) is 1. The maximum absolute atomic E-state index is 13.9. The van der Waals surface area contributed by atoms with Crippen LogP contribution in [0, 0.1) is 5.82 Å². The van der Waals surface area contributed by atoms with Gasteiger partial charge in [0.15, 0.2) is 0 Å². The Morgan fingerprint density at radius 1 is 1.48 bits per heavy atom. The topological polar surface area (TPSA) is 70.7 Å². The number of carbonyl (C=O) groups excluding carboxylic acids is 2. The average Bonchev–Trinajstić information content (AvgIpc) is 2.93. The average molecular weight is 323 g/mol. The molecule has 0 radical (unpaired) electrons. The van der Waals surface area contributed by atoms with Gasteiger partial charge in [-0.05, 0) is 38.0 Å². The predicted octanol–water partition coefficient (Wildman–Crippen LogP) is 2.50. The van der Waals surface area contributed by atoms with Crippen molar-refractivity contribution in [1.29, 1.82) is 0 Å². The van der Waals surface area contributed by atoms with E-state index in [0.717, 1.165) is 0 Å². The van der Waals surface area contributed by atoms with Crippen LogP contribution in [0.1, 0.15) is 26.2 Å². The quantitative estimate of drug-likeness (QED) is 0.845. The Labute approximate surface area is 135 Å². The van der Waals surface area contributed by atoms with Gasteiger partial charge >= 0.3 is 6.03 Å². The summed E-state index contributed by atoms with van der Waals surface area (Å²) in [4.78, 5) is 25.1. The van der Waals surface area contributed by atoms with Crippen molar-refractivity contribution >= 4 is 23.3 Å². The summed E-state index contributed by atoms with van der Waals surface area (Å²) in [6, 6.07) is 3.79. The van der Waals surface area contributed by atoms with Crippen LogP contribution in [0.3, 0.4) is 0 Å². The lowest BCUT2D eigenvalue weighted by Gasteiger charge is -2.18. The van der Waals surface area contributed by atoms with E-state index in [1.807, 2.05) is 6.92 Å². The molecule has 1 heterocycles. The lowest BCUT2D eigenvalue weighted by molar-refractivity contribution is -0.117. The molecule has 1 atom stereocenters. The Morgan fingerprint density at radius 2 is 2.26 bits per heavy atom. The molecule has 0 saturated carbocycles. The van der Waals surface area contributed by atoms with Crippen molar-refractivity contribution in [3.63, 3.8) is 0 Å². The summed E-state index contributed by atoms with van der Waals surface area (Å²) in [6.45, 7) is 2.93.